The minimum absolute atomic E-state index is 0.552. The van der Waals surface area contributed by atoms with Crippen molar-refractivity contribution in [3.63, 3.8) is 0 Å². The summed E-state index contributed by atoms with van der Waals surface area (Å²) < 4.78 is 0. The Morgan fingerprint density at radius 3 is 2.10 bits per heavy atom. The van der Waals surface area contributed by atoms with E-state index in [1.807, 2.05) is 0 Å². The molecule has 0 atom stereocenters. The van der Waals surface area contributed by atoms with Gasteiger partial charge in [0.2, 0.25) is 0 Å². The Hall–Kier alpha value is -0.120. The molecule has 3 nitrogen and oxygen atoms in total. The van der Waals surface area contributed by atoms with Crippen molar-refractivity contribution in [3.8, 4) is 0 Å². The number of nitrogens with zero attached hydrogens (tertiary/aromatic N) is 2. The molecular formula is C17H35N3. The number of piperazine rings is 1. The maximum atomic E-state index is 3.73. The average Bonchev–Trinajstić information content (AvgIpc) is 2.47. The van der Waals surface area contributed by atoms with Gasteiger partial charge in [-0.15, -0.1) is 0 Å². The summed E-state index contributed by atoms with van der Waals surface area (Å²) in [5, 5.41) is 3.73. The maximum absolute atomic E-state index is 3.73. The van der Waals surface area contributed by atoms with E-state index >= 15 is 0 Å². The van der Waals surface area contributed by atoms with E-state index < -0.39 is 0 Å². The molecule has 0 amide bonds. The Morgan fingerprint density at radius 1 is 0.950 bits per heavy atom. The number of nitrogens with one attached hydrogen (secondary N) is 1. The summed E-state index contributed by atoms with van der Waals surface area (Å²) in [7, 11) is 0. The number of hydrogen-bond donors (Lipinski definition) is 1. The van der Waals surface area contributed by atoms with Crippen LogP contribution >= 0.6 is 0 Å². The van der Waals surface area contributed by atoms with Crippen molar-refractivity contribution in [2.24, 2.45) is 5.41 Å². The highest BCUT2D eigenvalue weighted by Gasteiger charge is 2.34. The molecule has 0 radical (unpaired) electrons. The van der Waals surface area contributed by atoms with E-state index in [-0.39, 0.29) is 0 Å². The first kappa shape index (κ1) is 16.3. The van der Waals surface area contributed by atoms with Gasteiger partial charge in [-0.1, -0.05) is 40.0 Å². The SMILES string of the molecule is CCN1CCN(CC2(CNC(C)C)CCCCC2)CC1. The summed E-state index contributed by atoms with van der Waals surface area (Å²) in [6.45, 7) is 15.7. The fraction of sp³-hybridized carbons (Fsp3) is 1.00. The van der Waals surface area contributed by atoms with Gasteiger partial charge in [-0.2, -0.15) is 0 Å². The van der Waals surface area contributed by atoms with Crippen LogP contribution in [-0.2, 0) is 0 Å². The molecule has 1 N–H and O–H groups in total. The molecule has 0 bridgehead atoms. The molecule has 1 aliphatic carbocycles. The lowest BCUT2D eigenvalue weighted by molar-refractivity contribution is 0.0625. The highest BCUT2D eigenvalue weighted by atomic mass is 15.3. The van der Waals surface area contributed by atoms with Gasteiger partial charge in [-0.3, -0.25) is 0 Å². The Kier molecular flexibility index (Phi) is 6.31. The first-order valence-corrected chi connectivity index (χ1v) is 8.82. The van der Waals surface area contributed by atoms with Crippen LogP contribution in [0.15, 0.2) is 0 Å². The maximum Gasteiger partial charge on any atom is 0.0110 e. The summed E-state index contributed by atoms with van der Waals surface area (Å²) in [4.78, 5) is 5.32. The van der Waals surface area contributed by atoms with Crippen LogP contribution in [0, 0.1) is 5.41 Å². The molecule has 1 saturated heterocycles. The van der Waals surface area contributed by atoms with Crippen molar-refractivity contribution in [2.75, 3.05) is 45.8 Å². The normalized spacial score (nSPS) is 25.2. The zero-order chi connectivity index (χ0) is 14.4. The molecule has 3 heteroatoms. The first-order valence-electron chi connectivity index (χ1n) is 8.82. The summed E-state index contributed by atoms with van der Waals surface area (Å²) >= 11 is 0. The van der Waals surface area contributed by atoms with Gasteiger partial charge in [0.05, 0.1) is 0 Å². The lowest BCUT2D eigenvalue weighted by atomic mass is 9.73. The van der Waals surface area contributed by atoms with E-state index in [1.165, 1.54) is 77.9 Å². The van der Waals surface area contributed by atoms with E-state index in [0.717, 1.165) is 0 Å². The van der Waals surface area contributed by atoms with Gasteiger partial charge in [0, 0.05) is 45.3 Å². The van der Waals surface area contributed by atoms with Crippen LogP contribution in [0.2, 0.25) is 0 Å². The molecule has 0 aromatic rings. The zero-order valence-electron chi connectivity index (χ0n) is 14.0. The number of likely N-dealkylation sites (N-methyl/N-ethyl adjacent to an activating group) is 1. The van der Waals surface area contributed by atoms with Crippen molar-refractivity contribution >= 4 is 0 Å². The van der Waals surface area contributed by atoms with E-state index in [1.54, 1.807) is 0 Å². The predicted molar refractivity (Wildman–Crippen MR) is 87.2 cm³/mol. The molecule has 20 heavy (non-hydrogen) atoms. The molecule has 0 unspecified atom stereocenters. The molecule has 1 saturated carbocycles. The van der Waals surface area contributed by atoms with Crippen LogP contribution in [0.3, 0.4) is 0 Å². The lowest BCUT2D eigenvalue weighted by Gasteiger charge is -2.44. The molecule has 0 spiro atoms. The molecule has 2 aliphatic rings. The van der Waals surface area contributed by atoms with Gasteiger partial charge in [-0.05, 0) is 24.8 Å². The fourth-order valence-electron chi connectivity index (χ4n) is 3.85. The molecular weight excluding hydrogens is 246 g/mol. The monoisotopic (exact) mass is 281 g/mol. The van der Waals surface area contributed by atoms with Crippen LogP contribution < -0.4 is 5.32 Å². The lowest BCUT2D eigenvalue weighted by Crippen LogP contribution is -2.52. The Balaban J connectivity index is 1.87. The van der Waals surface area contributed by atoms with Crippen LogP contribution in [0.25, 0.3) is 0 Å². The van der Waals surface area contributed by atoms with Crippen LogP contribution in [0.1, 0.15) is 52.9 Å². The third-order valence-corrected chi connectivity index (χ3v) is 5.27. The molecule has 0 aromatic heterocycles. The van der Waals surface area contributed by atoms with Crippen molar-refractivity contribution < 1.29 is 0 Å². The highest BCUT2D eigenvalue weighted by molar-refractivity contribution is 4.89. The van der Waals surface area contributed by atoms with E-state index in [4.69, 9.17) is 0 Å². The van der Waals surface area contributed by atoms with Crippen molar-refractivity contribution in [3.05, 3.63) is 0 Å². The van der Waals surface area contributed by atoms with Gasteiger partial charge < -0.3 is 15.1 Å². The largest absolute Gasteiger partial charge is 0.314 e. The summed E-state index contributed by atoms with van der Waals surface area (Å²) in [5.41, 5.74) is 0.552. The van der Waals surface area contributed by atoms with E-state index in [2.05, 4.69) is 35.9 Å². The summed E-state index contributed by atoms with van der Waals surface area (Å²) in [6, 6.07) is 0.616. The molecule has 1 heterocycles. The first-order chi connectivity index (χ1) is 9.63. The van der Waals surface area contributed by atoms with E-state index in [9.17, 15) is 0 Å². The molecule has 1 aliphatic heterocycles. The molecule has 2 fully saturated rings. The minimum Gasteiger partial charge on any atom is -0.314 e. The molecule has 0 aromatic carbocycles. The topological polar surface area (TPSA) is 18.5 Å². The van der Waals surface area contributed by atoms with Crippen molar-refractivity contribution in [2.45, 2.75) is 58.9 Å². The second-order valence-corrected chi connectivity index (χ2v) is 7.31. The number of rotatable bonds is 6. The zero-order valence-corrected chi connectivity index (χ0v) is 14.0. The predicted octanol–water partition coefficient (Wildman–Crippen LogP) is 2.57. The average molecular weight is 281 g/mol. The van der Waals surface area contributed by atoms with Crippen LogP contribution in [0.4, 0.5) is 0 Å². The fourth-order valence-corrected chi connectivity index (χ4v) is 3.85. The van der Waals surface area contributed by atoms with Crippen LogP contribution in [-0.4, -0.2) is 61.7 Å². The van der Waals surface area contributed by atoms with Gasteiger partial charge in [0.25, 0.3) is 0 Å². The minimum atomic E-state index is 0.552. The number of hydrogen-bond acceptors (Lipinski definition) is 3. The standard InChI is InChI=1S/C17H35N3/c1-4-19-10-12-20(13-11-19)15-17(14-18-16(2)3)8-6-5-7-9-17/h16,18H,4-15H2,1-3H3. The third-order valence-electron chi connectivity index (χ3n) is 5.27. The summed E-state index contributed by atoms with van der Waals surface area (Å²) in [5.74, 6) is 0. The summed E-state index contributed by atoms with van der Waals surface area (Å²) in [6.07, 6.45) is 7.19. The highest BCUT2D eigenvalue weighted by Crippen LogP contribution is 2.36. The van der Waals surface area contributed by atoms with Gasteiger partial charge in [0.1, 0.15) is 0 Å². The van der Waals surface area contributed by atoms with Gasteiger partial charge in [-0.25, -0.2) is 0 Å². The Morgan fingerprint density at radius 2 is 1.55 bits per heavy atom. The third kappa shape index (κ3) is 4.71. The Bertz CT molecular complexity index is 263. The van der Waals surface area contributed by atoms with Crippen LogP contribution in [0.5, 0.6) is 0 Å². The second kappa shape index (κ2) is 7.77. The van der Waals surface area contributed by atoms with Crippen molar-refractivity contribution in [1.29, 1.82) is 0 Å². The van der Waals surface area contributed by atoms with Gasteiger partial charge >= 0.3 is 0 Å². The van der Waals surface area contributed by atoms with Crippen molar-refractivity contribution in [1.82, 2.24) is 15.1 Å². The smallest absolute Gasteiger partial charge is 0.0110 e. The second-order valence-electron chi connectivity index (χ2n) is 7.31. The quantitative estimate of drug-likeness (QED) is 0.807. The Labute approximate surface area is 126 Å². The molecule has 2 rings (SSSR count). The molecule has 118 valence electrons. The van der Waals surface area contributed by atoms with E-state index in [0.29, 0.717) is 11.5 Å². The van der Waals surface area contributed by atoms with Gasteiger partial charge in [0.15, 0.2) is 0 Å².